The SMILES string of the molecule is CCOC(=O)C(C)(C)[C@@H]1CC=C[C@H]2O[Si](C(C)(C)C)(C(C)(C)C)OC[C@H]2O1. The van der Waals surface area contributed by atoms with E-state index in [-0.39, 0.29) is 34.4 Å². The minimum absolute atomic E-state index is 0.0695. The number of ether oxygens (including phenoxy) is 2. The van der Waals surface area contributed by atoms with Crippen LogP contribution in [-0.2, 0) is 23.1 Å². The minimum atomic E-state index is -2.54. The molecule has 0 amide bonds. The zero-order chi connectivity index (χ0) is 20.7. The molecule has 5 nitrogen and oxygen atoms in total. The van der Waals surface area contributed by atoms with E-state index in [1.807, 2.05) is 20.8 Å². The Morgan fingerprint density at radius 1 is 1.11 bits per heavy atom. The Balaban J connectivity index is 2.24. The molecule has 2 heterocycles. The van der Waals surface area contributed by atoms with E-state index in [0.29, 0.717) is 19.6 Å². The maximum Gasteiger partial charge on any atom is 0.349 e. The highest BCUT2D eigenvalue weighted by Crippen LogP contribution is 2.54. The summed E-state index contributed by atoms with van der Waals surface area (Å²) >= 11 is 0. The van der Waals surface area contributed by atoms with Gasteiger partial charge in [-0.05, 0) is 27.2 Å². The fourth-order valence-electron chi connectivity index (χ4n) is 4.30. The second-order valence-electron chi connectivity index (χ2n) is 10.3. The molecule has 0 N–H and O–H groups in total. The van der Waals surface area contributed by atoms with Gasteiger partial charge in [-0.1, -0.05) is 53.7 Å². The van der Waals surface area contributed by atoms with Crippen LogP contribution in [0.25, 0.3) is 0 Å². The maximum atomic E-state index is 12.4. The second-order valence-corrected chi connectivity index (χ2v) is 15.0. The van der Waals surface area contributed by atoms with E-state index in [4.69, 9.17) is 18.3 Å². The zero-order valence-electron chi connectivity index (χ0n) is 18.5. The molecule has 0 aliphatic carbocycles. The summed E-state index contributed by atoms with van der Waals surface area (Å²) in [5.41, 5.74) is -0.727. The summed E-state index contributed by atoms with van der Waals surface area (Å²) in [7, 11) is -2.54. The van der Waals surface area contributed by atoms with Gasteiger partial charge >= 0.3 is 14.5 Å². The largest absolute Gasteiger partial charge is 0.466 e. The molecule has 27 heavy (non-hydrogen) atoms. The third-order valence-electron chi connectivity index (χ3n) is 5.72. The smallest absolute Gasteiger partial charge is 0.349 e. The van der Waals surface area contributed by atoms with Crippen molar-refractivity contribution in [3.05, 3.63) is 12.2 Å². The lowest BCUT2D eigenvalue weighted by atomic mass is 9.84. The first-order chi connectivity index (χ1) is 12.3. The van der Waals surface area contributed by atoms with Gasteiger partial charge in [0.2, 0.25) is 0 Å². The summed E-state index contributed by atoms with van der Waals surface area (Å²) in [6.07, 6.45) is 4.22. The number of hydrogen-bond acceptors (Lipinski definition) is 5. The molecular weight excluding hydrogens is 360 g/mol. The first-order valence-corrected chi connectivity index (χ1v) is 11.9. The molecule has 0 aromatic rings. The third-order valence-corrected chi connectivity index (χ3v) is 10.8. The molecule has 1 saturated heterocycles. The van der Waals surface area contributed by atoms with Crippen LogP contribution < -0.4 is 0 Å². The van der Waals surface area contributed by atoms with Gasteiger partial charge in [-0.25, -0.2) is 0 Å². The standard InChI is InChI=1S/C21H38O5Si/c1-10-23-18(22)21(8,9)17-13-11-12-15-16(25-17)14-24-27(26-15,19(2,3)4)20(5,6)7/h11-12,15-17H,10,13-14H2,1-9H3/t15-,16-,17+/m1/s1. The predicted octanol–water partition coefficient (Wildman–Crippen LogP) is 4.75. The summed E-state index contributed by atoms with van der Waals surface area (Å²) in [5.74, 6) is -0.229. The Bertz CT molecular complexity index is 556. The third kappa shape index (κ3) is 4.19. The number of rotatable bonds is 3. The molecule has 0 bridgehead atoms. The molecule has 3 atom stereocenters. The summed E-state index contributed by atoms with van der Waals surface area (Å²) in [6, 6.07) is 0. The molecule has 0 radical (unpaired) electrons. The molecule has 0 aromatic heterocycles. The van der Waals surface area contributed by atoms with E-state index in [0.717, 1.165) is 0 Å². The average molecular weight is 399 g/mol. The van der Waals surface area contributed by atoms with Gasteiger partial charge in [-0.15, -0.1) is 0 Å². The van der Waals surface area contributed by atoms with E-state index >= 15 is 0 Å². The minimum Gasteiger partial charge on any atom is -0.466 e. The Labute approximate surface area is 166 Å². The van der Waals surface area contributed by atoms with Crippen molar-refractivity contribution in [2.75, 3.05) is 13.2 Å². The van der Waals surface area contributed by atoms with Gasteiger partial charge in [0.1, 0.15) is 6.10 Å². The Hall–Kier alpha value is -0.693. The Morgan fingerprint density at radius 3 is 2.22 bits per heavy atom. The number of fused-ring (bicyclic) bond motifs is 1. The summed E-state index contributed by atoms with van der Waals surface area (Å²) < 4.78 is 24.9. The number of hydrogen-bond donors (Lipinski definition) is 0. The van der Waals surface area contributed by atoms with Crippen molar-refractivity contribution in [2.24, 2.45) is 5.41 Å². The van der Waals surface area contributed by atoms with Crippen LogP contribution in [0.2, 0.25) is 10.1 Å². The number of carbonyl (C=O) groups is 1. The van der Waals surface area contributed by atoms with Gasteiger partial charge < -0.3 is 18.3 Å². The second kappa shape index (κ2) is 7.62. The Kier molecular flexibility index (Phi) is 6.37. The lowest BCUT2D eigenvalue weighted by molar-refractivity contribution is -0.175. The fraction of sp³-hybridized carbons (Fsp3) is 0.857. The quantitative estimate of drug-likeness (QED) is 0.390. The van der Waals surface area contributed by atoms with Crippen molar-refractivity contribution in [1.82, 2.24) is 0 Å². The molecule has 156 valence electrons. The van der Waals surface area contributed by atoms with Crippen molar-refractivity contribution in [1.29, 1.82) is 0 Å². The Morgan fingerprint density at radius 2 is 1.70 bits per heavy atom. The van der Waals surface area contributed by atoms with Crippen LogP contribution in [0.1, 0.15) is 68.7 Å². The predicted molar refractivity (Wildman–Crippen MR) is 109 cm³/mol. The van der Waals surface area contributed by atoms with Crippen LogP contribution >= 0.6 is 0 Å². The molecule has 0 unspecified atom stereocenters. The lowest BCUT2D eigenvalue weighted by Gasteiger charge is -2.54. The first kappa shape index (κ1) is 22.6. The number of esters is 1. The van der Waals surface area contributed by atoms with E-state index in [2.05, 4.69) is 53.7 Å². The highest BCUT2D eigenvalue weighted by atomic mass is 28.4. The molecular formula is C21H38O5Si. The van der Waals surface area contributed by atoms with E-state index in [1.54, 1.807) is 0 Å². The van der Waals surface area contributed by atoms with Crippen LogP contribution in [-0.4, -0.2) is 46.1 Å². The van der Waals surface area contributed by atoms with Crippen LogP contribution in [0.4, 0.5) is 0 Å². The lowest BCUT2D eigenvalue weighted by Crippen LogP contribution is -2.65. The average Bonchev–Trinajstić information content (AvgIpc) is 2.74. The van der Waals surface area contributed by atoms with Gasteiger partial charge in [0, 0.05) is 10.1 Å². The summed E-state index contributed by atoms with van der Waals surface area (Å²) in [6.45, 7) is 19.7. The molecule has 6 heteroatoms. The van der Waals surface area contributed by atoms with Crippen LogP contribution in [0.3, 0.4) is 0 Å². The molecule has 0 aromatic carbocycles. The summed E-state index contributed by atoms with van der Waals surface area (Å²) in [4.78, 5) is 12.4. The van der Waals surface area contributed by atoms with Gasteiger partial charge in [-0.3, -0.25) is 4.79 Å². The first-order valence-electron chi connectivity index (χ1n) is 10.1. The zero-order valence-corrected chi connectivity index (χ0v) is 19.5. The highest BCUT2D eigenvalue weighted by Gasteiger charge is 2.62. The van der Waals surface area contributed by atoms with E-state index in [9.17, 15) is 4.79 Å². The molecule has 2 rings (SSSR count). The monoisotopic (exact) mass is 398 g/mol. The van der Waals surface area contributed by atoms with E-state index in [1.165, 1.54) is 0 Å². The number of carbonyl (C=O) groups excluding carboxylic acids is 1. The van der Waals surface area contributed by atoms with Crippen molar-refractivity contribution in [2.45, 2.75) is 97.1 Å². The van der Waals surface area contributed by atoms with Crippen LogP contribution in [0.15, 0.2) is 12.2 Å². The van der Waals surface area contributed by atoms with Crippen molar-refractivity contribution in [3.8, 4) is 0 Å². The highest BCUT2D eigenvalue weighted by molar-refractivity contribution is 6.73. The van der Waals surface area contributed by atoms with Gasteiger partial charge in [0.05, 0.1) is 30.8 Å². The molecule has 0 spiro atoms. The molecule has 2 aliphatic rings. The van der Waals surface area contributed by atoms with Crippen molar-refractivity contribution in [3.63, 3.8) is 0 Å². The molecule has 2 aliphatic heterocycles. The van der Waals surface area contributed by atoms with Crippen LogP contribution in [0.5, 0.6) is 0 Å². The van der Waals surface area contributed by atoms with Gasteiger partial charge in [0.15, 0.2) is 0 Å². The van der Waals surface area contributed by atoms with Crippen molar-refractivity contribution < 1.29 is 23.1 Å². The summed E-state index contributed by atoms with van der Waals surface area (Å²) in [5, 5.41) is -0.139. The van der Waals surface area contributed by atoms with Gasteiger partial charge in [0.25, 0.3) is 0 Å². The molecule has 0 saturated carbocycles. The normalized spacial score (nSPS) is 29.0. The van der Waals surface area contributed by atoms with Crippen molar-refractivity contribution >= 4 is 14.5 Å². The molecule has 1 fully saturated rings. The topological polar surface area (TPSA) is 54.0 Å². The van der Waals surface area contributed by atoms with Crippen LogP contribution in [0, 0.1) is 5.41 Å². The fourth-order valence-corrected chi connectivity index (χ4v) is 9.21. The van der Waals surface area contributed by atoms with E-state index < -0.39 is 14.0 Å². The maximum absolute atomic E-state index is 12.4. The van der Waals surface area contributed by atoms with Gasteiger partial charge in [-0.2, -0.15) is 0 Å².